The summed E-state index contributed by atoms with van der Waals surface area (Å²) in [6, 6.07) is -0.352. The van der Waals surface area contributed by atoms with E-state index in [0.29, 0.717) is 24.8 Å². The fraction of sp³-hybridized carbons (Fsp3) is 0.583. The molecule has 0 aromatic carbocycles. The van der Waals surface area contributed by atoms with Crippen molar-refractivity contribution >= 4 is 29.6 Å². The molecule has 5 N–H and O–H groups in total. The topological polar surface area (TPSA) is 120 Å². The Kier molecular flexibility index (Phi) is 3.54. The van der Waals surface area contributed by atoms with Crippen LogP contribution in [0.15, 0.2) is 16.3 Å². The Balaban J connectivity index is 1.70. The lowest BCUT2D eigenvalue weighted by Gasteiger charge is -2.49. The second-order valence-corrected chi connectivity index (χ2v) is 6.34. The van der Waals surface area contributed by atoms with E-state index in [2.05, 4.69) is 15.6 Å². The molecule has 3 aliphatic rings. The number of aliphatic imine (C=N–C) groups is 1. The predicted octanol–water partition coefficient (Wildman–Crippen LogP) is -1.50. The standard InChI is InChI=1S/C12H17N5O3S/c1-5-4-21-10-7(9(18)17(10)8(5)11(19)20)16-12-14-3-6(2-13)15-12/h6-7,10H,2-4,13H2,1H3,(H,19,20)(H2,14,15,16)/t6?,7?,10-/m0/s1. The SMILES string of the molecule is CC1=C(C(=O)O)N2C(=O)C(NC3=NCC(CN)N3)[C@@H]2SC1. The van der Waals surface area contributed by atoms with Gasteiger partial charge in [-0.05, 0) is 12.5 Å². The average Bonchev–Trinajstić information content (AvgIpc) is 2.92. The van der Waals surface area contributed by atoms with Gasteiger partial charge in [-0.15, -0.1) is 11.8 Å². The quantitative estimate of drug-likeness (QED) is 0.468. The Morgan fingerprint density at radius 1 is 1.67 bits per heavy atom. The first kappa shape index (κ1) is 14.2. The molecular formula is C12H17N5O3S. The maximum absolute atomic E-state index is 12.2. The Morgan fingerprint density at radius 3 is 3.05 bits per heavy atom. The van der Waals surface area contributed by atoms with E-state index >= 15 is 0 Å². The largest absolute Gasteiger partial charge is 0.477 e. The summed E-state index contributed by atoms with van der Waals surface area (Å²) in [5.41, 5.74) is 6.39. The van der Waals surface area contributed by atoms with Crippen molar-refractivity contribution in [3.05, 3.63) is 11.3 Å². The van der Waals surface area contributed by atoms with Gasteiger partial charge in [0.05, 0.1) is 12.6 Å². The number of thioether (sulfide) groups is 1. The lowest BCUT2D eigenvalue weighted by atomic mass is 10.0. The first-order valence-corrected chi connectivity index (χ1v) is 7.73. The Hall–Kier alpha value is -1.74. The van der Waals surface area contributed by atoms with E-state index in [4.69, 9.17) is 5.73 Å². The number of carbonyl (C=O) groups is 2. The molecule has 3 aliphatic heterocycles. The molecular weight excluding hydrogens is 294 g/mol. The molecule has 0 saturated carbocycles. The van der Waals surface area contributed by atoms with Crippen LogP contribution in [0.25, 0.3) is 0 Å². The van der Waals surface area contributed by atoms with Crippen molar-refractivity contribution in [2.45, 2.75) is 24.4 Å². The number of nitrogens with one attached hydrogen (secondary N) is 2. The van der Waals surface area contributed by atoms with Crippen LogP contribution in [0.1, 0.15) is 6.92 Å². The van der Waals surface area contributed by atoms with Gasteiger partial charge in [0.15, 0.2) is 5.96 Å². The fourth-order valence-corrected chi connectivity index (χ4v) is 3.92. The number of hydrogen-bond donors (Lipinski definition) is 4. The van der Waals surface area contributed by atoms with E-state index in [-0.39, 0.29) is 23.0 Å². The van der Waals surface area contributed by atoms with Crippen molar-refractivity contribution in [2.24, 2.45) is 10.7 Å². The zero-order valence-electron chi connectivity index (χ0n) is 11.5. The number of fused-ring (bicyclic) bond motifs is 1. The second kappa shape index (κ2) is 5.23. The van der Waals surface area contributed by atoms with Crippen LogP contribution in [0.3, 0.4) is 0 Å². The third-order valence-corrected chi connectivity index (χ3v) is 5.17. The second-order valence-electron chi connectivity index (χ2n) is 5.23. The lowest BCUT2D eigenvalue weighted by molar-refractivity contribution is -0.148. The molecule has 3 atom stereocenters. The van der Waals surface area contributed by atoms with Crippen LogP contribution in [0.4, 0.5) is 0 Å². The molecule has 0 aliphatic carbocycles. The number of nitrogens with two attached hydrogens (primary N) is 1. The lowest BCUT2D eigenvalue weighted by Crippen LogP contribution is -2.71. The monoisotopic (exact) mass is 311 g/mol. The number of β-lactam (4-membered cyclic amide) rings is 1. The Bertz CT molecular complexity index is 561. The van der Waals surface area contributed by atoms with Crippen molar-refractivity contribution in [3.8, 4) is 0 Å². The first-order chi connectivity index (χ1) is 10.0. The molecule has 0 aromatic heterocycles. The number of carbonyl (C=O) groups excluding carboxylic acids is 1. The summed E-state index contributed by atoms with van der Waals surface area (Å²) in [6.07, 6.45) is 0. The molecule has 0 spiro atoms. The van der Waals surface area contributed by atoms with Crippen LogP contribution < -0.4 is 16.4 Å². The highest BCUT2D eigenvalue weighted by molar-refractivity contribution is 8.00. The minimum absolute atomic E-state index is 0.0921. The molecule has 1 fully saturated rings. The molecule has 21 heavy (non-hydrogen) atoms. The number of rotatable bonds is 3. The van der Waals surface area contributed by atoms with Gasteiger partial charge in [0.1, 0.15) is 17.1 Å². The smallest absolute Gasteiger partial charge is 0.352 e. The van der Waals surface area contributed by atoms with Crippen molar-refractivity contribution < 1.29 is 14.7 Å². The minimum Gasteiger partial charge on any atom is -0.477 e. The fourth-order valence-electron chi connectivity index (χ4n) is 2.63. The van der Waals surface area contributed by atoms with E-state index in [1.807, 2.05) is 0 Å². The molecule has 114 valence electrons. The zero-order valence-corrected chi connectivity index (χ0v) is 12.3. The number of carboxylic acid groups (broad SMARTS) is 1. The van der Waals surface area contributed by atoms with Gasteiger partial charge in [-0.3, -0.25) is 14.7 Å². The van der Waals surface area contributed by atoms with Gasteiger partial charge < -0.3 is 21.5 Å². The van der Waals surface area contributed by atoms with Crippen molar-refractivity contribution in [1.29, 1.82) is 0 Å². The molecule has 0 radical (unpaired) electrons. The average molecular weight is 311 g/mol. The highest BCUT2D eigenvalue weighted by atomic mass is 32.2. The highest BCUT2D eigenvalue weighted by Gasteiger charge is 2.53. The van der Waals surface area contributed by atoms with Gasteiger partial charge in [-0.25, -0.2) is 4.79 Å². The van der Waals surface area contributed by atoms with Crippen LogP contribution in [0.5, 0.6) is 0 Å². The van der Waals surface area contributed by atoms with Crippen LogP contribution in [0, 0.1) is 0 Å². The third kappa shape index (κ3) is 2.26. The van der Waals surface area contributed by atoms with E-state index in [1.165, 1.54) is 4.90 Å². The molecule has 0 bridgehead atoms. The molecule has 8 nitrogen and oxygen atoms in total. The molecule has 0 aromatic rings. The van der Waals surface area contributed by atoms with Gasteiger partial charge in [0, 0.05) is 12.3 Å². The summed E-state index contributed by atoms with van der Waals surface area (Å²) in [6.45, 7) is 2.80. The minimum atomic E-state index is -1.05. The van der Waals surface area contributed by atoms with E-state index in [9.17, 15) is 14.7 Å². The maximum Gasteiger partial charge on any atom is 0.352 e. The van der Waals surface area contributed by atoms with Crippen LogP contribution in [-0.4, -0.2) is 64.1 Å². The van der Waals surface area contributed by atoms with Gasteiger partial charge >= 0.3 is 5.97 Å². The van der Waals surface area contributed by atoms with Crippen molar-refractivity contribution in [3.63, 3.8) is 0 Å². The van der Waals surface area contributed by atoms with Crippen LogP contribution >= 0.6 is 11.8 Å². The third-order valence-electron chi connectivity index (χ3n) is 3.75. The zero-order chi connectivity index (χ0) is 15.1. The molecule has 1 saturated heterocycles. The Morgan fingerprint density at radius 2 is 2.43 bits per heavy atom. The summed E-state index contributed by atoms with van der Waals surface area (Å²) in [5.74, 6) is -0.111. The normalized spacial score (nSPS) is 31.3. The molecule has 1 amide bonds. The predicted molar refractivity (Wildman–Crippen MR) is 78.6 cm³/mol. The molecule has 3 heterocycles. The highest BCUT2D eigenvalue weighted by Crippen LogP contribution is 2.40. The summed E-state index contributed by atoms with van der Waals surface area (Å²) in [4.78, 5) is 29.2. The van der Waals surface area contributed by atoms with Gasteiger partial charge in [0.2, 0.25) is 0 Å². The number of guanidine groups is 1. The summed E-state index contributed by atoms with van der Waals surface area (Å²) in [5, 5.41) is 15.2. The Labute approximate surface area is 125 Å². The number of hydrogen-bond acceptors (Lipinski definition) is 7. The summed E-state index contributed by atoms with van der Waals surface area (Å²) < 4.78 is 0. The van der Waals surface area contributed by atoms with E-state index in [1.54, 1.807) is 18.7 Å². The van der Waals surface area contributed by atoms with Gasteiger partial charge in [0.25, 0.3) is 5.91 Å². The number of amides is 1. The van der Waals surface area contributed by atoms with Crippen LogP contribution in [-0.2, 0) is 9.59 Å². The summed E-state index contributed by atoms with van der Waals surface area (Å²) in [7, 11) is 0. The number of carboxylic acids is 1. The van der Waals surface area contributed by atoms with E-state index < -0.39 is 12.0 Å². The van der Waals surface area contributed by atoms with Crippen LogP contribution in [0.2, 0.25) is 0 Å². The molecule has 3 rings (SSSR count). The van der Waals surface area contributed by atoms with Gasteiger partial charge in [-0.1, -0.05) is 0 Å². The van der Waals surface area contributed by atoms with Crippen molar-refractivity contribution in [1.82, 2.24) is 15.5 Å². The van der Waals surface area contributed by atoms with Gasteiger partial charge in [-0.2, -0.15) is 0 Å². The summed E-state index contributed by atoms with van der Waals surface area (Å²) >= 11 is 1.56. The first-order valence-electron chi connectivity index (χ1n) is 6.68. The molecule has 2 unspecified atom stereocenters. The van der Waals surface area contributed by atoms with E-state index in [0.717, 1.165) is 5.57 Å². The molecule has 9 heteroatoms. The maximum atomic E-state index is 12.2. The van der Waals surface area contributed by atoms with Crippen molar-refractivity contribution in [2.75, 3.05) is 18.8 Å². The number of aliphatic carboxylic acids is 1. The number of nitrogens with zero attached hydrogens (tertiary/aromatic N) is 2.